The van der Waals surface area contributed by atoms with E-state index in [0.717, 1.165) is 12.5 Å². The molecule has 0 heterocycles. The molecule has 0 aromatic heterocycles. The second-order valence-electron chi connectivity index (χ2n) is 4.50. The molecule has 0 bridgehead atoms. The van der Waals surface area contributed by atoms with Gasteiger partial charge in [-0.05, 0) is 18.1 Å². The van der Waals surface area contributed by atoms with E-state index in [-0.39, 0.29) is 22.9 Å². The molecule has 1 aromatic carbocycles. The van der Waals surface area contributed by atoms with Gasteiger partial charge in [-0.1, -0.05) is 20.3 Å². The standard InChI is InChI=1S/C13H16N4O3/c1-3-8(2)12(15)13(18)16-10-5-4-9(7-14)6-11(10)17(19)20/h4-6,8,12H,3,15H2,1-2H3,(H,16,18)/t8?,12-/m0/s1. The Kier molecular flexibility index (Phi) is 5.17. The van der Waals surface area contributed by atoms with E-state index in [9.17, 15) is 14.9 Å². The summed E-state index contributed by atoms with van der Waals surface area (Å²) in [6.07, 6.45) is 0.726. The van der Waals surface area contributed by atoms with E-state index in [4.69, 9.17) is 11.0 Å². The van der Waals surface area contributed by atoms with Crippen LogP contribution in [0.2, 0.25) is 0 Å². The van der Waals surface area contributed by atoms with E-state index in [1.165, 1.54) is 12.1 Å². The number of rotatable bonds is 5. The predicted molar refractivity (Wildman–Crippen MR) is 73.9 cm³/mol. The summed E-state index contributed by atoms with van der Waals surface area (Å²) in [6.45, 7) is 3.74. The average Bonchev–Trinajstić information content (AvgIpc) is 2.45. The van der Waals surface area contributed by atoms with Gasteiger partial charge in [0.15, 0.2) is 0 Å². The number of amides is 1. The number of benzene rings is 1. The number of hydrogen-bond acceptors (Lipinski definition) is 5. The first-order chi connectivity index (χ1) is 9.40. The van der Waals surface area contributed by atoms with Crippen molar-refractivity contribution < 1.29 is 9.72 Å². The van der Waals surface area contributed by atoms with Crippen molar-refractivity contribution in [3.63, 3.8) is 0 Å². The zero-order chi connectivity index (χ0) is 15.3. The van der Waals surface area contributed by atoms with Gasteiger partial charge in [-0.2, -0.15) is 5.26 Å². The minimum absolute atomic E-state index is 0.0348. The third-order valence-electron chi connectivity index (χ3n) is 3.14. The summed E-state index contributed by atoms with van der Waals surface area (Å²) < 4.78 is 0. The zero-order valence-corrected chi connectivity index (χ0v) is 11.3. The maximum Gasteiger partial charge on any atom is 0.294 e. The van der Waals surface area contributed by atoms with Crippen LogP contribution in [-0.2, 0) is 4.79 Å². The lowest BCUT2D eigenvalue weighted by Crippen LogP contribution is -2.40. The van der Waals surface area contributed by atoms with Crippen LogP contribution in [0.5, 0.6) is 0 Å². The van der Waals surface area contributed by atoms with E-state index < -0.39 is 16.9 Å². The molecule has 0 spiro atoms. The molecule has 0 aliphatic carbocycles. The van der Waals surface area contributed by atoms with E-state index >= 15 is 0 Å². The second-order valence-corrected chi connectivity index (χ2v) is 4.50. The lowest BCUT2D eigenvalue weighted by Gasteiger charge is -2.17. The van der Waals surface area contributed by atoms with Crippen LogP contribution in [0.15, 0.2) is 18.2 Å². The van der Waals surface area contributed by atoms with Gasteiger partial charge < -0.3 is 11.1 Å². The molecule has 0 fully saturated rings. The highest BCUT2D eigenvalue weighted by Gasteiger charge is 2.23. The van der Waals surface area contributed by atoms with Crippen molar-refractivity contribution in [2.75, 3.05) is 5.32 Å². The number of nitrogens with zero attached hydrogens (tertiary/aromatic N) is 2. The highest BCUT2D eigenvalue weighted by atomic mass is 16.6. The Hall–Kier alpha value is -2.46. The highest BCUT2D eigenvalue weighted by molar-refractivity contribution is 5.96. The molecule has 1 unspecified atom stereocenters. The topological polar surface area (TPSA) is 122 Å². The quantitative estimate of drug-likeness (QED) is 0.627. The molecular formula is C13H16N4O3. The number of nitriles is 1. The van der Waals surface area contributed by atoms with Gasteiger partial charge in [-0.25, -0.2) is 0 Å². The Labute approximate surface area is 116 Å². The molecular weight excluding hydrogens is 260 g/mol. The van der Waals surface area contributed by atoms with E-state index in [1.807, 2.05) is 19.9 Å². The summed E-state index contributed by atoms with van der Waals surface area (Å²) in [5, 5.41) is 22.1. The molecule has 20 heavy (non-hydrogen) atoms. The van der Waals surface area contributed by atoms with Gasteiger partial charge in [-0.15, -0.1) is 0 Å². The Morgan fingerprint density at radius 1 is 1.60 bits per heavy atom. The van der Waals surface area contributed by atoms with Gasteiger partial charge in [0, 0.05) is 6.07 Å². The first-order valence-electron chi connectivity index (χ1n) is 6.15. The monoisotopic (exact) mass is 276 g/mol. The van der Waals surface area contributed by atoms with Crippen molar-refractivity contribution in [2.45, 2.75) is 26.3 Å². The number of anilines is 1. The van der Waals surface area contributed by atoms with Crippen LogP contribution >= 0.6 is 0 Å². The van der Waals surface area contributed by atoms with Crippen LogP contribution < -0.4 is 11.1 Å². The minimum Gasteiger partial charge on any atom is -0.320 e. The molecule has 0 radical (unpaired) electrons. The van der Waals surface area contributed by atoms with Crippen LogP contribution in [0, 0.1) is 27.4 Å². The largest absolute Gasteiger partial charge is 0.320 e. The maximum absolute atomic E-state index is 11.9. The smallest absolute Gasteiger partial charge is 0.294 e. The molecule has 0 saturated carbocycles. The lowest BCUT2D eigenvalue weighted by molar-refractivity contribution is -0.383. The van der Waals surface area contributed by atoms with Crippen molar-refractivity contribution in [2.24, 2.45) is 11.7 Å². The fourth-order valence-electron chi connectivity index (χ4n) is 1.59. The first kappa shape index (κ1) is 15.6. The summed E-state index contributed by atoms with van der Waals surface area (Å²) in [5.74, 6) is -0.514. The van der Waals surface area contributed by atoms with E-state index in [1.54, 1.807) is 0 Å². The normalized spacial score (nSPS) is 13.1. The molecule has 106 valence electrons. The van der Waals surface area contributed by atoms with E-state index in [2.05, 4.69) is 5.32 Å². The van der Waals surface area contributed by atoms with Crippen molar-refractivity contribution in [3.8, 4) is 6.07 Å². The zero-order valence-electron chi connectivity index (χ0n) is 11.3. The Balaban J connectivity index is 3.01. The lowest BCUT2D eigenvalue weighted by atomic mass is 9.99. The minimum atomic E-state index is -0.741. The van der Waals surface area contributed by atoms with Gasteiger partial charge in [0.1, 0.15) is 5.69 Å². The molecule has 1 aromatic rings. The molecule has 1 rings (SSSR count). The Morgan fingerprint density at radius 2 is 2.25 bits per heavy atom. The molecule has 0 aliphatic heterocycles. The van der Waals surface area contributed by atoms with Gasteiger partial charge in [0.05, 0.1) is 22.6 Å². The molecule has 2 atom stereocenters. The number of carbonyl (C=O) groups excluding carboxylic acids is 1. The third-order valence-corrected chi connectivity index (χ3v) is 3.14. The summed E-state index contributed by atoms with van der Waals surface area (Å²) in [4.78, 5) is 22.2. The maximum atomic E-state index is 11.9. The van der Waals surface area contributed by atoms with Crippen LogP contribution in [0.3, 0.4) is 0 Å². The number of carbonyl (C=O) groups is 1. The fourth-order valence-corrected chi connectivity index (χ4v) is 1.59. The summed E-state index contributed by atoms with van der Waals surface area (Å²) in [7, 11) is 0. The molecule has 1 amide bonds. The molecule has 7 nitrogen and oxygen atoms in total. The summed E-state index contributed by atoms with van der Waals surface area (Å²) >= 11 is 0. The van der Waals surface area contributed by atoms with Gasteiger partial charge in [-0.3, -0.25) is 14.9 Å². The molecule has 3 N–H and O–H groups in total. The molecule has 7 heteroatoms. The summed E-state index contributed by atoms with van der Waals surface area (Å²) in [5.41, 5.74) is 5.64. The van der Waals surface area contributed by atoms with Crippen molar-refractivity contribution in [1.29, 1.82) is 5.26 Å². The van der Waals surface area contributed by atoms with Crippen molar-refractivity contribution in [1.82, 2.24) is 0 Å². The highest BCUT2D eigenvalue weighted by Crippen LogP contribution is 2.25. The Bertz CT molecular complexity index is 565. The number of nitrogens with two attached hydrogens (primary N) is 1. The Morgan fingerprint density at radius 3 is 2.75 bits per heavy atom. The first-order valence-corrected chi connectivity index (χ1v) is 6.15. The summed E-state index contributed by atoms with van der Waals surface area (Å²) in [6, 6.07) is 4.92. The van der Waals surface area contributed by atoms with Gasteiger partial charge >= 0.3 is 0 Å². The van der Waals surface area contributed by atoms with Gasteiger partial charge in [0.25, 0.3) is 5.69 Å². The van der Waals surface area contributed by atoms with Crippen LogP contribution in [-0.4, -0.2) is 16.9 Å². The SMILES string of the molecule is CCC(C)[C@H](N)C(=O)Nc1ccc(C#N)cc1[N+](=O)[O-]. The van der Waals surface area contributed by atoms with E-state index in [0.29, 0.717) is 0 Å². The number of hydrogen-bond donors (Lipinski definition) is 2. The average molecular weight is 276 g/mol. The van der Waals surface area contributed by atoms with Crippen LogP contribution in [0.1, 0.15) is 25.8 Å². The fraction of sp³-hybridized carbons (Fsp3) is 0.385. The number of nitro groups is 1. The second kappa shape index (κ2) is 6.63. The van der Waals surface area contributed by atoms with Crippen molar-refractivity contribution >= 4 is 17.3 Å². The van der Waals surface area contributed by atoms with Crippen LogP contribution in [0.4, 0.5) is 11.4 Å². The predicted octanol–water partition coefficient (Wildman–Crippen LogP) is 1.78. The molecule has 0 saturated heterocycles. The third kappa shape index (κ3) is 3.52. The number of nitrogens with one attached hydrogen (secondary N) is 1. The van der Waals surface area contributed by atoms with Gasteiger partial charge in [0.2, 0.25) is 5.91 Å². The van der Waals surface area contributed by atoms with Crippen LogP contribution in [0.25, 0.3) is 0 Å². The van der Waals surface area contributed by atoms with Crippen molar-refractivity contribution in [3.05, 3.63) is 33.9 Å². The number of nitro benzene ring substituents is 1. The molecule has 0 aliphatic rings.